The van der Waals surface area contributed by atoms with Gasteiger partial charge in [0, 0.05) is 0 Å². The predicted molar refractivity (Wildman–Crippen MR) is 54.2 cm³/mol. The smallest absolute Gasteiger partial charge is 0.00612 e. The molecule has 0 bridgehead atoms. The van der Waals surface area contributed by atoms with Gasteiger partial charge in [-0.15, -0.1) is 0 Å². The molecule has 0 aliphatic carbocycles. The van der Waals surface area contributed by atoms with Crippen LogP contribution in [0.3, 0.4) is 0 Å². The summed E-state index contributed by atoms with van der Waals surface area (Å²) >= 11 is 1.78. The summed E-state index contributed by atoms with van der Waals surface area (Å²) < 4.78 is 0. The summed E-state index contributed by atoms with van der Waals surface area (Å²) in [4.78, 5) is 0. The van der Waals surface area contributed by atoms with E-state index in [0.717, 1.165) is 5.92 Å². The van der Waals surface area contributed by atoms with E-state index in [2.05, 4.69) is 30.7 Å². The minimum atomic E-state index is 0.791. The van der Waals surface area contributed by atoms with Crippen LogP contribution in [0.5, 0.6) is 0 Å². The molecule has 0 aliphatic heterocycles. The van der Waals surface area contributed by atoms with E-state index < -0.39 is 0 Å². The van der Waals surface area contributed by atoms with Crippen molar-refractivity contribution < 1.29 is 0 Å². The Balaban J connectivity index is 0.000000461. The van der Waals surface area contributed by atoms with Crippen molar-refractivity contribution in [2.45, 2.75) is 34.1 Å². The second-order valence-corrected chi connectivity index (χ2v) is 3.51. The third kappa shape index (κ3) is 5.02. The van der Waals surface area contributed by atoms with Gasteiger partial charge in [0.15, 0.2) is 0 Å². The Kier molecular flexibility index (Phi) is 6.24. The van der Waals surface area contributed by atoms with Gasteiger partial charge in [0.1, 0.15) is 0 Å². The van der Waals surface area contributed by atoms with Crippen molar-refractivity contribution in [3.05, 3.63) is 22.4 Å². The topological polar surface area (TPSA) is 0 Å². The first-order chi connectivity index (χ1) is 5.29. The molecular weight excluding hydrogens is 152 g/mol. The number of thiophene rings is 1. The van der Waals surface area contributed by atoms with Crippen LogP contribution in [-0.4, -0.2) is 0 Å². The van der Waals surface area contributed by atoms with Crippen LogP contribution in [0.4, 0.5) is 0 Å². The highest BCUT2D eigenvalue weighted by molar-refractivity contribution is 7.07. The van der Waals surface area contributed by atoms with E-state index in [1.165, 1.54) is 12.0 Å². The maximum Gasteiger partial charge on any atom is -0.00612 e. The second-order valence-electron chi connectivity index (χ2n) is 2.73. The lowest BCUT2D eigenvalue weighted by Crippen LogP contribution is -1.90. The molecule has 1 rings (SSSR count). The Hall–Kier alpha value is -0.300. The number of hydrogen-bond acceptors (Lipinski definition) is 1. The monoisotopic (exact) mass is 170 g/mol. The van der Waals surface area contributed by atoms with Gasteiger partial charge in [0.25, 0.3) is 0 Å². The molecule has 0 saturated heterocycles. The third-order valence-electron chi connectivity index (χ3n) is 1.22. The quantitative estimate of drug-likeness (QED) is 0.630. The molecule has 0 unspecified atom stereocenters. The number of hydrogen-bond donors (Lipinski definition) is 0. The molecule has 11 heavy (non-hydrogen) atoms. The molecule has 0 saturated carbocycles. The molecular formula is C10H18S. The van der Waals surface area contributed by atoms with Crippen LogP contribution in [0.15, 0.2) is 16.8 Å². The van der Waals surface area contributed by atoms with Crippen molar-refractivity contribution in [3.8, 4) is 0 Å². The van der Waals surface area contributed by atoms with Crippen LogP contribution < -0.4 is 0 Å². The van der Waals surface area contributed by atoms with Gasteiger partial charge in [0.2, 0.25) is 0 Å². The Morgan fingerprint density at radius 3 is 2.36 bits per heavy atom. The van der Waals surface area contributed by atoms with E-state index >= 15 is 0 Å². The molecule has 1 heterocycles. The molecule has 1 aromatic rings. The zero-order chi connectivity index (χ0) is 8.69. The van der Waals surface area contributed by atoms with E-state index in [1.54, 1.807) is 11.3 Å². The largest absolute Gasteiger partial charge is 0.152 e. The van der Waals surface area contributed by atoms with Crippen LogP contribution in [0.2, 0.25) is 0 Å². The lowest BCUT2D eigenvalue weighted by Gasteiger charge is -1.98. The van der Waals surface area contributed by atoms with E-state index in [-0.39, 0.29) is 0 Å². The zero-order valence-corrected chi connectivity index (χ0v) is 8.74. The van der Waals surface area contributed by atoms with Gasteiger partial charge in [-0.25, -0.2) is 0 Å². The van der Waals surface area contributed by atoms with Crippen molar-refractivity contribution in [2.75, 3.05) is 0 Å². The van der Waals surface area contributed by atoms with Gasteiger partial charge >= 0.3 is 0 Å². The Morgan fingerprint density at radius 2 is 2.00 bits per heavy atom. The average Bonchev–Trinajstić information content (AvgIpc) is 2.43. The minimum Gasteiger partial charge on any atom is -0.152 e. The standard InChI is InChI=1S/C8H12S.C2H6/c1-7(2)5-8-3-4-9-6-8;1-2/h3-4,6-7H,5H2,1-2H3;1-2H3. The lowest BCUT2D eigenvalue weighted by molar-refractivity contribution is 0.648. The first-order valence-electron chi connectivity index (χ1n) is 4.30. The fraction of sp³-hybridized carbons (Fsp3) is 0.600. The molecule has 1 aromatic heterocycles. The first-order valence-corrected chi connectivity index (χ1v) is 5.24. The molecule has 0 spiro atoms. The molecule has 0 nitrogen and oxygen atoms in total. The molecule has 0 amide bonds. The molecule has 0 N–H and O–H groups in total. The maximum atomic E-state index is 2.25. The van der Waals surface area contributed by atoms with Crippen molar-refractivity contribution in [1.82, 2.24) is 0 Å². The summed E-state index contributed by atoms with van der Waals surface area (Å²) in [5, 5.41) is 4.36. The maximum absolute atomic E-state index is 2.25. The van der Waals surface area contributed by atoms with Crippen LogP contribution >= 0.6 is 11.3 Å². The van der Waals surface area contributed by atoms with Gasteiger partial charge in [-0.05, 0) is 34.7 Å². The van der Waals surface area contributed by atoms with Crippen LogP contribution in [0.25, 0.3) is 0 Å². The Bertz CT molecular complexity index is 151. The summed E-state index contributed by atoms with van der Waals surface area (Å²) in [5.41, 5.74) is 1.48. The van der Waals surface area contributed by atoms with E-state index in [4.69, 9.17) is 0 Å². The molecule has 0 fully saturated rings. The summed E-state index contributed by atoms with van der Waals surface area (Å²) in [6, 6.07) is 2.20. The fourth-order valence-electron chi connectivity index (χ4n) is 0.880. The molecule has 64 valence electrons. The van der Waals surface area contributed by atoms with Crippen molar-refractivity contribution in [3.63, 3.8) is 0 Å². The Labute approximate surface area is 74.3 Å². The second kappa shape index (κ2) is 6.41. The van der Waals surface area contributed by atoms with Gasteiger partial charge in [-0.1, -0.05) is 27.7 Å². The molecule has 0 atom stereocenters. The van der Waals surface area contributed by atoms with Crippen LogP contribution in [0.1, 0.15) is 33.3 Å². The van der Waals surface area contributed by atoms with Crippen LogP contribution in [-0.2, 0) is 6.42 Å². The van der Waals surface area contributed by atoms with Gasteiger partial charge < -0.3 is 0 Å². The molecule has 0 radical (unpaired) electrons. The molecule has 0 aliphatic rings. The van der Waals surface area contributed by atoms with Crippen molar-refractivity contribution in [1.29, 1.82) is 0 Å². The van der Waals surface area contributed by atoms with Crippen molar-refractivity contribution >= 4 is 11.3 Å². The van der Waals surface area contributed by atoms with E-state index in [0.29, 0.717) is 0 Å². The van der Waals surface area contributed by atoms with Crippen molar-refractivity contribution in [2.24, 2.45) is 5.92 Å². The lowest BCUT2D eigenvalue weighted by atomic mass is 10.1. The summed E-state index contributed by atoms with van der Waals surface area (Å²) in [7, 11) is 0. The SMILES string of the molecule is CC.CC(C)Cc1ccsc1. The Morgan fingerprint density at radius 1 is 1.36 bits per heavy atom. The van der Waals surface area contributed by atoms with Gasteiger partial charge in [0.05, 0.1) is 0 Å². The normalized spacial score (nSPS) is 9.18. The van der Waals surface area contributed by atoms with Gasteiger partial charge in [-0.2, -0.15) is 11.3 Å². The minimum absolute atomic E-state index is 0.791. The highest BCUT2D eigenvalue weighted by Crippen LogP contribution is 2.10. The van der Waals surface area contributed by atoms with E-state index in [9.17, 15) is 0 Å². The number of rotatable bonds is 2. The zero-order valence-electron chi connectivity index (χ0n) is 7.92. The summed E-state index contributed by atoms with van der Waals surface area (Å²) in [6.07, 6.45) is 1.23. The average molecular weight is 170 g/mol. The fourth-order valence-corrected chi connectivity index (χ4v) is 1.56. The molecule has 1 heteroatoms. The van der Waals surface area contributed by atoms with Gasteiger partial charge in [-0.3, -0.25) is 0 Å². The third-order valence-corrected chi connectivity index (χ3v) is 1.96. The summed E-state index contributed by atoms with van der Waals surface area (Å²) in [5.74, 6) is 0.791. The van der Waals surface area contributed by atoms with Crippen LogP contribution in [0, 0.1) is 5.92 Å². The first kappa shape index (κ1) is 10.7. The molecule has 0 aromatic carbocycles. The van der Waals surface area contributed by atoms with E-state index in [1.807, 2.05) is 13.8 Å². The highest BCUT2D eigenvalue weighted by Gasteiger charge is 1.95. The summed E-state index contributed by atoms with van der Waals surface area (Å²) in [6.45, 7) is 8.50. The highest BCUT2D eigenvalue weighted by atomic mass is 32.1. The predicted octanol–water partition coefficient (Wildman–Crippen LogP) is 3.97.